The molecule has 0 N–H and O–H groups in total. The maximum Gasteiger partial charge on any atom is 1.00 e. The first-order chi connectivity index (χ1) is 1.41. The molecule has 0 amide bonds. The van der Waals surface area contributed by atoms with Gasteiger partial charge in [-0.2, -0.15) is 6.92 Å². The largest absolute Gasteiger partial charge is 1.00 e. The van der Waals surface area contributed by atoms with Crippen molar-refractivity contribution in [3.8, 4) is 12.3 Å². The molecule has 0 aliphatic rings. The fraction of sp³-hybridized carbons (Fsp3) is 0. The Kier molecular flexibility index (Phi) is 28.1. The SMILES string of the molecule is C#C[CH2-].[Cu+]. The molecule has 0 bridgehead atoms. The molecule has 0 unspecified atom stereocenters. The van der Waals surface area contributed by atoms with E-state index in [1.54, 1.807) is 0 Å². The van der Waals surface area contributed by atoms with E-state index in [2.05, 4.69) is 13.3 Å². The molecular formula is C3H3Cu. The molecule has 0 aliphatic carbocycles. The molecule has 0 aromatic rings. The quantitative estimate of drug-likeness (QED) is 0.237. The van der Waals surface area contributed by atoms with E-state index < -0.39 is 0 Å². The molecule has 0 nitrogen and oxygen atoms in total. The van der Waals surface area contributed by atoms with Gasteiger partial charge < -0.3 is 12.3 Å². The van der Waals surface area contributed by atoms with Crippen LogP contribution in [0.4, 0.5) is 0 Å². The third-order valence-corrected chi connectivity index (χ3v) is 0. The van der Waals surface area contributed by atoms with Gasteiger partial charge in [0.05, 0.1) is 0 Å². The van der Waals surface area contributed by atoms with Gasteiger partial charge in [-0.15, -0.1) is 0 Å². The van der Waals surface area contributed by atoms with Gasteiger partial charge in [0.2, 0.25) is 0 Å². The summed E-state index contributed by atoms with van der Waals surface area (Å²) in [5, 5.41) is 0. The zero-order valence-corrected chi connectivity index (χ0v) is 3.03. The molecule has 1 heteroatoms. The fourth-order valence-corrected chi connectivity index (χ4v) is 0. The van der Waals surface area contributed by atoms with Crippen LogP contribution in [0, 0.1) is 19.3 Å². The first kappa shape index (κ1) is 9.04. The second-order valence-electron chi connectivity index (χ2n) is 0.204. The zero-order valence-electron chi connectivity index (χ0n) is 2.09. The molecule has 0 radical (unpaired) electrons. The standard InChI is InChI=1S/C3H3.Cu/c1-3-2;/h1H,2H2;/q-1;+1. The Morgan fingerprint density at radius 3 is 1.75 bits per heavy atom. The van der Waals surface area contributed by atoms with E-state index in [0.717, 1.165) is 0 Å². The third-order valence-electron chi connectivity index (χ3n) is 0. The van der Waals surface area contributed by atoms with E-state index in [-0.39, 0.29) is 17.1 Å². The summed E-state index contributed by atoms with van der Waals surface area (Å²) in [6, 6.07) is 0. The van der Waals surface area contributed by atoms with Crippen molar-refractivity contribution in [2.75, 3.05) is 0 Å². The van der Waals surface area contributed by atoms with Crippen molar-refractivity contribution in [2.45, 2.75) is 0 Å². The van der Waals surface area contributed by atoms with Gasteiger partial charge in [0, 0.05) is 0 Å². The van der Waals surface area contributed by atoms with Gasteiger partial charge in [0.15, 0.2) is 0 Å². The van der Waals surface area contributed by atoms with Gasteiger partial charge in [-0.05, 0) is 0 Å². The van der Waals surface area contributed by atoms with Crippen LogP contribution in [0.15, 0.2) is 0 Å². The maximum absolute atomic E-state index is 4.49. The van der Waals surface area contributed by atoms with E-state index in [4.69, 9.17) is 0 Å². The van der Waals surface area contributed by atoms with Gasteiger partial charge in [-0.1, -0.05) is 0 Å². The first-order valence-corrected chi connectivity index (χ1v) is 0.642. The predicted molar refractivity (Wildman–Crippen MR) is 14.2 cm³/mol. The summed E-state index contributed by atoms with van der Waals surface area (Å²) in [6.45, 7) is 3.01. The van der Waals surface area contributed by atoms with Crippen molar-refractivity contribution in [3.05, 3.63) is 6.92 Å². The normalized spacial score (nSPS) is 1.75. The van der Waals surface area contributed by atoms with Gasteiger partial charge in [0.1, 0.15) is 0 Å². The smallest absolute Gasteiger partial charge is 0.345 e. The van der Waals surface area contributed by atoms with Crippen molar-refractivity contribution in [2.24, 2.45) is 0 Å². The van der Waals surface area contributed by atoms with Crippen LogP contribution >= 0.6 is 0 Å². The Morgan fingerprint density at radius 2 is 1.75 bits per heavy atom. The minimum absolute atomic E-state index is 0. The molecule has 0 atom stereocenters. The number of hydrogen-bond acceptors (Lipinski definition) is 0. The van der Waals surface area contributed by atoms with Crippen LogP contribution in [-0.2, 0) is 17.1 Å². The fourth-order valence-electron chi connectivity index (χ4n) is 0. The third kappa shape index (κ3) is 689. The molecule has 4 heavy (non-hydrogen) atoms. The molecule has 26 valence electrons. The minimum Gasteiger partial charge on any atom is -0.345 e. The van der Waals surface area contributed by atoms with Crippen LogP contribution in [-0.4, -0.2) is 0 Å². The molecule has 0 spiro atoms. The van der Waals surface area contributed by atoms with Crippen molar-refractivity contribution in [1.82, 2.24) is 0 Å². The molecule has 0 rings (SSSR count). The van der Waals surface area contributed by atoms with Crippen LogP contribution in [0.25, 0.3) is 0 Å². The van der Waals surface area contributed by atoms with Crippen molar-refractivity contribution in [3.63, 3.8) is 0 Å². The van der Waals surface area contributed by atoms with Crippen LogP contribution in [0.2, 0.25) is 0 Å². The molecule has 0 aromatic heterocycles. The van der Waals surface area contributed by atoms with E-state index in [1.807, 2.05) is 5.92 Å². The molecule has 0 aliphatic heterocycles. The number of terminal acetylenes is 1. The van der Waals surface area contributed by atoms with Gasteiger partial charge >= 0.3 is 17.1 Å². The topological polar surface area (TPSA) is 0 Å². The minimum atomic E-state index is 0. The first-order valence-electron chi connectivity index (χ1n) is 0.642. The Labute approximate surface area is 37.1 Å². The summed E-state index contributed by atoms with van der Waals surface area (Å²) in [7, 11) is 0. The summed E-state index contributed by atoms with van der Waals surface area (Å²) in [5.41, 5.74) is 0. The number of rotatable bonds is 0. The van der Waals surface area contributed by atoms with Crippen LogP contribution < -0.4 is 0 Å². The molecule has 0 saturated heterocycles. The van der Waals surface area contributed by atoms with E-state index in [0.29, 0.717) is 0 Å². The van der Waals surface area contributed by atoms with Gasteiger partial charge in [-0.3, -0.25) is 0 Å². The number of hydrogen-bond donors (Lipinski definition) is 0. The average molecular weight is 103 g/mol. The molecular weight excluding hydrogens is 99.6 g/mol. The van der Waals surface area contributed by atoms with Crippen molar-refractivity contribution in [1.29, 1.82) is 0 Å². The zero-order chi connectivity index (χ0) is 2.71. The second kappa shape index (κ2) is 12.4. The van der Waals surface area contributed by atoms with Crippen molar-refractivity contribution >= 4 is 0 Å². The Bertz CT molecular complexity index is 24.8. The molecule has 0 aromatic carbocycles. The van der Waals surface area contributed by atoms with Gasteiger partial charge in [-0.25, -0.2) is 0 Å². The van der Waals surface area contributed by atoms with Crippen LogP contribution in [0.1, 0.15) is 0 Å². The van der Waals surface area contributed by atoms with Crippen LogP contribution in [0.5, 0.6) is 0 Å². The Morgan fingerprint density at radius 1 is 1.75 bits per heavy atom. The molecule has 0 fully saturated rings. The summed E-state index contributed by atoms with van der Waals surface area (Å²) < 4.78 is 0. The monoisotopic (exact) mass is 102 g/mol. The molecule has 0 saturated carbocycles. The van der Waals surface area contributed by atoms with Crippen LogP contribution in [0.3, 0.4) is 0 Å². The van der Waals surface area contributed by atoms with Gasteiger partial charge in [0.25, 0.3) is 0 Å². The second-order valence-corrected chi connectivity index (χ2v) is 0.204. The summed E-state index contributed by atoms with van der Waals surface area (Å²) >= 11 is 0. The predicted octanol–water partition coefficient (Wildman–Crippen LogP) is 0.451. The average Bonchev–Trinajstić information content (AvgIpc) is 0.918. The molecule has 0 heterocycles. The Hall–Kier alpha value is -0.0505. The Balaban J connectivity index is 0. The van der Waals surface area contributed by atoms with E-state index in [1.165, 1.54) is 0 Å². The van der Waals surface area contributed by atoms with E-state index >= 15 is 0 Å². The summed E-state index contributed by atoms with van der Waals surface area (Å²) in [5.74, 6) is 2.00. The summed E-state index contributed by atoms with van der Waals surface area (Å²) in [4.78, 5) is 0. The maximum atomic E-state index is 4.49. The van der Waals surface area contributed by atoms with E-state index in [9.17, 15) is 0 Å². The summed E-state index contributed by atoms with van der Waals surface area (Å²) in [6.07, 6.45) is 4.49. The van der Waals surface area contributed by atoms with Crippen molar-refractivity contribution < 1.29 is 17.1 Å².